The summed E-state index contributed by atoms with van der Waals surface area (Å²) in [6.07, 6.45) is 59.3. The van der Waals surface area contributed by atoms with E-state index in [9.17, 15) is 19.8 Å². The Bertz CT molecular complexity index is 1150. The first-order valence-corrected chi connectivity index (χ1v) is 24.4. The van der Waals surface area contributed by atoms with E-state index in [-0.39, 0.29) is 24.9 Å². The minimum atomic E-state index is -0.807. The number of hydrogen-bond acceptors (Lipinski definition) is 5. The molecule has 0 aliphatic heterocycles. The maximum Gasteiger partial charge on any atom is 0.306 e. The SMILES string of the molecule is CC/C=C/C=C/C=C\C=C/C=C/CCCC(=O)OC(CCCCCCC/C=C\C/C=C\CCCCC)CC(=O)NC(CO)C(O)CCCCCCCCCCCCCC. The van der Waals surface area contributed by atoms with Crippen molar-refractivity contribution in [2.75, 3.05) is 6.61 Å². The third kappa shape index (κ3) is 41.6. The Labute approximate surface area is 363 Å². The summed E-state index contributed by atoms with van der Waals surface area (Å²) in [7, 11) is 0. The molecule has 1 amide bonds. The van der Waals surface area contributed by atoms with Gasteiger partial charge in [0.15, 0.2) is 0 Å². The molecule has 0 bridgehead atoms. The fourth-order valence-corrected chi connectivity index (χ4v) is 6.90. The average molecular weight is 822 g/mol. The fourth-order valence-electron chi connectivity index (χ4n) is 6.90. The zero-order valence-electron chi connectivity index (χ0n) is 38.4. The summed E-state index contributed by atoms with van der Waals surface area (Å²) in [6, 6.07) is -0.724. The lowest BCUT2D eigenvalue weighted by molar-refractivity contribution is -0.151. The average Bonchev–Trinajstić information content (AvgIpc) is 3.23. The van der Waals surface area contributed by atoms with Crippen molar-refractivity contribution in [1.82, 2.24) is 5.32 Å². The predicted molar refractivity (Wildman–Crippen MR) is 254 cm³/mol. The fraction of sp³-hybridized carbons (Fsp3) is 0.698. The molecule has 0 aromatic carbocycles. The zero-order chi connectivity index (χ0) is 43.1. The molecule has 0 fully saturated rings. The van der Waals surface area contributed by atoms with Crippen LogP contribution in [-0.4, -0.2) is 46.9 Å². The molecule has 0 heterocycles. The lowest BCUT2D eigenvalue weighted by Crippen LogP contribution is -2.46. The lowest BCUT2D eigenvalue weighted by atomic mass is 10.0. The molecule has 0 spiro atoms. The van der Waals surface area contributed by atoms with Crippen molar-refractivity contribution in [1.29, 1.82) is 0 Å². The van der Waals surface area contributed by atoms with Crippen molar-refractivity contribution in [2.24, 2.45) is 0 Å². The Morgan fingerprint density at radius 1 is 0.525 bits per heavy atom. The van der Waals surface area contributed by atoms with E-state index >= 15 is 0 Å². The Morgan fingerprint density at radius 2 is 0.983 bits per heavy atom. The maximum atomic E-state index is 13.2. The quantitative estimate of drug-likeness (QED) is 0.0247. The molecule has 3 N–H and O–H groups in total. The van der Waals surface area contributed by atoms with Gasteiger partial charge in [0.25, 0.3) is 0 Å². The molecule has 0 saturated heterocycles. The van der Waals surface area contributed by atoms with Gasteiger partial charge in [-0.1, -0.05) is 215 Å². The van der Waals surface area contributed by atoms with Crippen LogP contribution in [0.2, 0.25) is 0 Å². The van der Waals surface area contributed by atoms with Crippen LogP contribution in [0.15, 0.2) is 85.1 Å². The molecule has 3 atom stereocenters. The topological polar surface area (TPSA) is 95.9 Å². The van der Waals surface area contributed by atoms with Crippen LogP contribution in [0.5, 0.6) is 0 Å². The standard InChI is InChI=1S/C53H91NO5/c1-4-7-10-13-16-19-22-25-26-28-29-32-35-38-41-44-49(59-53(58)46-43-40-37-34-31-27-23-20-17-14-11-8-5-2)47-52(57)54-50(48-55)51(56)45-42-39-36-33-30-24-21-18-15-12-9-6-3/h8,11,14,16-17,19-20,23,25-27,31,34,37,49-51,55-56H,4-7,9-10,12-13,15,18,21-22,24,28-30,32-33,35-36,38-48H2,1-3H3,(H,54,57)/b11-8+,17-14+,19-16-,23-20-,26-25-,31-27-,37-34+. The van der Waals surface area contributed by atoms with Gasteiger partial charge in [0.2, 0.25) is 5.91 Å². The summed E-state index contributed by atoms with van der Waals surface area (Å²) in [4.78, 5) is 26.0. The normalized spacial score (nSPS) is 14.1. The smallest absolute Gasteiger partial charge is 0.306 e. The summed E-state index contributed by atoms with van der Waals surface area (Å²) < 4.78 is 5.87. The monoisotopic (exact) mass is 822 g/mol. The molecule has 0 aliphatic carbocycles. The van der Waals surface area contributed by atoms with Gasteiger partial charge in [0, 0.05) is 6.42 Å². The number of carbonyl (C=O) groups is 2. The number of aliphatic hydroxyl groups excluding tert-OH is 2. The first-order valence-electron chi connectivity index (χ1n) is 24.4. The maximum absolute atomic E-state index is 13.2. The third-order valence-corrected chi connectivity index (χ3v) is 10.6. The van der Waals surface area contributed by atoms with Gasteiger partial charge in [0.05, 0.1) is 25.2 Å². The van der Waals surface area contributed by atoms with Crippen LogP contribution < -0.4 is 5.32 Å². The van der Waals surface area contributed by atoms with E-state index in [1.165, 1.54) is 83.5 Å². The zero-order valence-corrected chi connectivity index (χ0v) is 38.4. The van der Waals surface area contributed by atoms with E-state index in [1.54, 1.807) is 0 Å². The van der Waals surface area contributed by atoms with Crippen LogP contribution in [0.3, 0.4) is 0 Å². The Morgan fingerprint density at radius 3 is 1.54 bits per heavy atom. The highest BCUT2D eigenvalue weighted by Crippen LogP contribution is 2.17. The van der Waals surface area contributed by atoms with Crippen molar-refractivity contribution >= 4 is 11.9 Å². The van der Waals surface area contributed by atoms with E-state index in [0.29, 0.717) is 25.7 Å². The summed E-state index contributed by atoms with van der Waals surface area (Å²) in [5.41, 5.74) is 0. The summed E-state index contributed by atoms with van der Waals surface area (Å²) in [5.74, 6) is -0.582. The van der Waals surface area contributed by atoms with Gasteiger partial charge in [-0.25, -0.2) is 0 Å². The minimum Gasteiger partial charge on any atom is -0.462 e. The number of esters is 1. The second-order valence-corrected chi connectivity index (χ2v) is 16.2. The number of amides is 1. The highest BCUT2D eigenvalue weighted by Gasteiger charge is 2.24. The number of carbonyl (C=O) groups excluding carboxylic acids is 2. The molecule has 6 heteroatoms. The van der Waals surface area contributed by atoms with Crippen molar-refractivity contribution < 1.29 is 24.5 Å². The van der Waals surface area contributed by atoms with Gasteiger partial charge < -0.3 is 20.3 Å². The molecule has 0 aromatic rings. The molecule has 0 saturated carbocycles. The van der Waals surface area contributed by atoms with E-state index in [2.05, 4.69) is 56.5 Å². The van der Waals surface area contributed by atoms with Crippen LogP contribution in [0.4, 0.5) is 0 Å². The Kier molecular flexibility index (Phi) is 43.8. The van der Waals surface area contributed by atoms with Crippen molar-refractivity contribution in [2.45, 2.75) is 232 Å². The van der Waals surface area contributed by atoms with Gasteiger partial charge in [-0.15, -0.1) is 0 Å². The lowest BCUT2D eigenvalue weighted by Gasteiger charge is -2.24. The third-order valence-electron chi connectivity index (χ3n) is 10.6. The van der Waals surface area contributed by atoms with Gasteiger partial charge in [-0.3, -0.25) is 9.59 Å². The van der Waals surface area contributed by atoms with E-state index in [4.69, 9.17) is 4.74 Å². The van der Waals surface area contributed by atoms with Gasteiger partial charge >= 0.3 is 5.97 Å². The minimum absolute atomic E-state index is 0.0354. The molecule has 338 valence electrons. The van der Waals surface area contributed by atoms with Crippen LogP contribution in [0, 0.1) is 0 Å². The molecule has 0 radical (unpaired) electrons. The molecular weight excluding hydrogens is 731 g/mol. The number of ether oxygens (including phenoxy) is 1. The van der Waals surface area contributed by atoms with E-state index < -0.39 is 18.2 Å². The number of unbranched alkanes of at least 4 members (excludes halogenated alkanes) is 20. The van der Waals surface area contributed by atoms with Gasteiger partial charge in [0.1, 0.15) is 6.10 Å². The van der Waals surface area contributed by atoms with Crippen molar-refractivity contribution in [3.8, 4) is 0 Å². The van der Waals surface area contributed by atoms with E-state index in [0.717, 1.165) is 77.0 Å². The van der Waals surface area contributed by atoms with Crippen LogP contribution in [-0.2, 0) is 14.3 Å². The first-order chi connectivity index (χ1) is 29.0. The van der Waals surface area contributed by atoms with E-state index in [1.807, 2.05) is 54.7 Å². The first kappa shape index (κ1) is 56.0. The second kappa shape index (κ2) is 46.1. The van der Waals surface area contributed by atoms with Crippen LogP contribution in [0.25, 0.3) is 0 Å². The van der Waals surface area contributed by atoms with Crippen molar-refractivity contribution in [3.63, 3.8) is 0 Å². The molecule has 59 heavy (non-hydrogen) atoms. The number of hydrogen-bond donors (Lipinski definition) is 3. The second-order valence-electron chi connectivity index (χ2n) is 16.2. The highest BCUT2D eigenvalue weighted by atomic mass is 16.5. The Balaban J connectivity index is 4.75. The number of allylic oxidation sites excluding steroid dienone is 14. The summed E-state index contributed by atoms with van der Waals surface area (Å²) >= 11 is 0. The van der Waals surface area contributed by atoms with Gasteiger partial charge in [-0.2, -0.15) is 0 Å². The predicted octanol–water partition coefficient (Wildman–Crippen LogP) is 14.4. The van der Waals surface area contributed by atoms with Crippen molar-refractivity contribution in [3.05, 3.63) is 85.1 Å². The molecule has 0 aromatic heterocycles. The number of nitrogens with one attached hydrogen (secondary N) is 1. The summed E-state index contributed by atoms with van der Waals surface area (Å²) in [5, 5.41) is 23.7. The van der Waals surface area contributed by atoms with Crippen LogP contribution >= 0.6 is 0 Å². The molecular formula is C53H91NO5. The largest absolute Gasteiger partial charge is 0.462 e. The summed E-state index contributed by atoms with van der Waals surface area (Å²) in [6.45, 7) is 6.28. The molecule has 3 unspecified atom stereocenters. The highest BCUT2D eigenvalue weighted by molar-refractivity contribution is 5.77. The molecule has 0 aliphatic rings. The molecule has 6 nitrogen and oxygen atoms in total. The Hall–Kier alpha value is -2.96. The number of aliphatic hydroxyl groups is 2. The van der Waals surface area contributed by atoms with Crippen LogP contribution in [0.1, 0.15) is 213 Å². The molecule has 0 rings (SSSR count). The van der Waals surface area contributed by atoms with Gasteiger partial charge in [-0.05, 0) is 70.6 Å². The number of rotatable bonds is 42.